The van der Waals surface area contributed by atoms with Gasteiger partial charge in [-0.3, -0.25) is 0 Å². The van der Waals surface area contributed by atoms with Gasteiger partial charge in [0.15, 0.2) is 23.3 Å². The number of esters is 1. The topological polar surface area (TPSA) is 46.5 Å². The number of carbonyl (C=O) groups excluding carboxylic acids is 1. The molecule has 0 heterocycles. The summed E-state index contributed by atoms with van der Waals surface area (Å²) in [5.41, 5.74) is -5.84. The summed E-state index contributed by atoms with van der Waals surface area (Å²) in [4.78, 5) is 12.1. The molecule has 0 saturated heterocycles. The van der Waals surface area contributed by atoms with Crippen molar-refractivity contribution >= 4 is 5.97 Å². The summed E-state index contributed by atoms with van der Waals surface area (Å²) < 4.78 is 85.8. The second-order valence-electron chi connectivity index (χ2n) is 4.92. The van der Waals surface area contributed by atoms with Gasteiger partial charge >= 0.3 is 5.97 Å². The van der Waals surface area contributed by atoms with E-state index in [-0.39, 0.29) is 30.9 Å². The van der Waals surface area contributed by atoms with Gasteiger partial charge in [-0.05, 0) is 19.1 Å². The van der Waals surface area contributed by atoms with E-state index in [2.05, 4.69) is 4.74 Å². The SMILES string of the molecule is CCOC(=O)C(O)(c1cc(F)c(F)cc1F)c1cc(F)c(F)cc1F. The number of halogens is 6. The molecule has 3 nitrogen and oxygen atoms in total. The van der Waals surface area contributed by atoms with Crippen LogP contribution in [0.2, 0.25) is 0 Å². The Morgan fingerprint density at radius 2 is 1.20 bits per heavy atom. The van der Waals surface area contributed by atoms with Crippen LogP contribution in [0.15, 0.2) is 24.3 Å². The standard InChI is InChI=1S/C16H10F6O3/c1-2-25-15(23)16(24,7-3-11(19)13(21)5-9(7)17)8-4-12(20)14(22)6-10(8)18/h3-6,24H,2H2,1H3. The van der Waals surface area contributed by atoms with E-state index in [9.17, 15) is 36.2 Å². The Labute approximate surface area is 137 Å². The van der Waals surface area contributed by atoms with Crippen molar-refractivity contribution in [3.63, 3.8) is 0 Å². The zero-order chi connectivity index (χ0) is 18.9. The largest absolute Gasteiger partial charge is 0.463 e. The summed E-state index contributed by atoms with van der Waals surface area (Å²) in [6, 6.07) is 0.212. The Kier molecular flexibility index (Phi) is 5.07. The van der Waals surface area contributed by atoms with Crippen molar-refractivity contribution in [2.75, 3.05) is 6.61 Å². The molecule has 1 N–H and O–H groups in total. The first-order chi connectivity index (χ1) is 11.6. The van der Waals surface area contributed by atoms with Crippen LogP contribution >= 0.6 is 0 Å². The van der Waals surface area contributed by atoms with Crippen LogP contribution in [0.25, 0.3) is 0 Å². The zero-order valence-electron chi connectivity index (χ0n) is 12.5. The lowest BCUT2D eigenvalue weighted by Gasteiger charge is -2.27. The fourth-order valence-electron chi connectivity index (χ4n) is 2.20. The third-order valence-electron chi connectivity index (χ3n) is 3.37. The van der Waals surface area contributed by atoms with Crippen LogP contribution in [0.4, 0.5) is 26.3 Å². The molecule has 0 aromatic heterocycles. The summed E-state index contributed by atoms with van der Waals surface area (Å²) in [5, 5.41) is 10.6. The first-order valence-electron chi connectivity index (χ1n) is 6.82. The monoisotopic (exact) mass is 364 g/mol. The van der Waals surface area contributed by atoms with Gasteiger partial charge in [0.25, 0.3) is 0 Å². The van der Waals surface area contributed by atoms with Gasteiger partial charge in [0.2, 0.25) is 5.60 Å². The fraction of sp³-hybridized carbons (Fsp3) is 0.188. The van der Waals surface area contributed by atoms with Crippen LogP contribution < -0.4 is 0 Å². The van der Waals surface area contributed by atoms with Crippen LogP contribution in [0.3, 0.4) is 0 Å². The smallest absolute Gasteiger partial charge is 0.347 e. The first-order valence-corrected chi connectivity index (χ1v) is 6.82. The molecule has 0 saturated carbocycles. The molecule has 0 fully saturated rings. The van der Waals surface area contributed by atoms with E-state index in [1.165, 1.54) is 6.92 Å². The Balaban J connectivity index is 2.83. The van der Waals surface area contributed by atoms with Crippen molar-refractivity contribution in [3.05, 3.63) is 70.3 Å². The normalized spacial score (nSPS) is 11.5. The quantitative estimate of drug-likeness (QED) is 0.514. The molecule has 0 unspecified atom stereocenters. The lowest BCUT2D eigenvalue weighted by Crippen LogP contribution is -2.40. The highest BCUT2D eigenvalue weighted by atomic mass is 19.2. The first kappa shape index (κ1) is 18.8. The number of hydrogen-bond acceptors (Lipinski definition) is 3. The summed E-state index contributed by atoms with van der Waals surface area (Å²) in [7, 11) is 0. The van der Waals surface area contributed by atoms with Crippen LogP contribution in [-0.4, -0.2) is 17.7 Å². The van der Waals surface area contributed by atoms with E-state index >= 15 is 0 Å². The Morgan fingerprint density at radius 1 is 0.840 bits per heavy atom. The maximum absolute atomic E-state index is 14.1. The van der Waals surface area contributed by atoms with Gasteiger partial charge in [-0.15, -0.1) is 0 Å². The molecule has 0 radical (unpaired) electrons. The van der Waals surface area contributed by atoms with Crippen molar-refractivity contribution in [1.82, 2.24) is 0 Å². The minimum absolute atomic E-state index is 0.00659. The highest BCUT2D eigenvalue weighted by Gasteiger charge is 2.46. The molecule has 0 aliphatic rings. The molecule has 0 aliphatic heterocycles. The third kappa shape index (κ3) is 3.19. The molecule has 2 aromatic rings. The van der Waals surface area contributed by atoms with Gasteiger partial charge in [-0.25, -0.2) is 31.1 Å². The Morgan fingerprint density at radius 3 is 1.56 bits per heavy atom. The molecule has 25 heavy (non-hydrogen) atoms. The van der Waals surface area contributed by atoms with Crippen LogP contribution in [0.5, 0.6) is 0 Å². The average molecular weight is 364 g/mol. The van der Waals surface area contributed by atoms with Crippen molar-refractivity contribution < 1.29 is 41.0 Å². The predicted molar refractivity (Wildman–Crippen MR) is 72.3 cm³/mol. The highest BCUT2D eigenvalue weighted by Crippen LogP contribution is 2.36. The van der Waals surface area contributed by atoms with Crippen LogP contribution in [-0.2, 0) is 15.1 Å². The van der Waals surface area contributed by atoms with Gasteiger partial charge in [0.05, 0.1) is 6.61 Å². The van der Waals surface area contributed by atoms with Crippen molar-refractivity contribution in [3.8, 4) is 0 Å². The Hall–Kier alpha value is -2.55. The molecule has 134 valence electrons. The van der Waals surface area contributed by atoms with Crippen molar-refractivity contribution in [2.24, 2.45) is 0 Å². The molecule has 0 bridgehead atoms. The van der Waals surface area contributed by atoms with E-state index < -0.39 is 57.6 Å². The molecule has 0 aliphatic carbocycles. The number of hydrogen-bond donors (Lipinski definition) is 1. The zero-order valence-corrected chi connectivity index (χ0v) is 12.5. The van der Waals surface area contributed by atoms with E-state index in [1.54, 1.807) is 0 Å². The lowest BCUT2D eigenvalue weighted by molar-refractivity contribution is -0.162. The molecular weight excluding hydrogens is 354 g/mol. The molecular formula is C16H10F6O3. The Bertz CT molecular complexity index is 780. The number of rotatable bonds is 4. The van der Waals surface area contributed by atoms with Crippen molar-refractivity contribution in [1.29, 1.82) is 0 Å². The van der Waals surface area contributed by atoms with Crippen LogP contribution in [0.1, 0.15) is 18.1 Å². The summed E-state index contributed by atoms with van der Waals surface area (Å²) in [6.07, 6.45) is 0. The second kappa shape index (κ2) is 6.75. The lowest BCUT2D eigenvalue weighted by atomic mass is 9.85. The molecule has 0 atom stereocenters. The maximum atomic E-state index is 14.1. The van der Waals surface area contributed by atoms with Gasteiger partial charge in [-0.1, -0.05) is 0 Å². The summed E-state index contributed by atoms with van der Waals surface area (Å²) in [6.45, 7) is 0.930. The van der Waals surface area contributed by atoms with Crippen molar-refractivity contribution in [2.45, 2.75) is 12.5 Å². The average Bonchev–Trinajstić information content (AvgIpc) is 2.54. The number of benzene rings is 2. The molecule has 2 rings (SSSR count). The summed E-state index contributed by atoms with van der Waals surface area (Å²) >= 11 is 0. The second-order valence-corrected chi connectivity index (χ2v) is 4.92. The minimum Gasteiger partial charge on any atom is -0.463 e. The number of ether oxygens (including phenoxy) is 1. The van der Waals surface area contributed by atoms with Gasteiger partial charge in [-0.2, -0.15) is 0 Å². The van der Waals surface area contributed by atoms with Gasteiger partial charge < -0.3 is 9.84 Å². The van der Waals surface area contributed by atoms with E-state index in [0.717, 1.165) is 0 Å². The maximum Gasteiger partial charge on any atom is 0.347 e. The minimum atomic E-state index is -3.38. The number of aliphatic hydroxyl groups is 1. The molecule has 0 spiro atoms. The molecule has 9 heteroatoms. The third-order valence-corrected chi connectivity index (χ3v) is 3.37. The number of carbonyl (C=O) groups is 1. The predicted octanol–water partition coefficient (Wildman–Crippen LogP) is 3.32. The molecule has 2 aromatic carbocycles. The van der Waals surface area contributed by atoms with Crippen LogP contribution in [0, 0.1) is 34.9 Å². The molecule has 0 amide bonds. The van der Waals surface area contributed by atoms with Gasteiger partial charge in [0.1, 0.15) is 11.6 Å². The van der Waals surface area contributed by atoms with E-state index in [4.69, 9.17) is 0 Å². The highest BCUT2D eigenvalue weighted by molar-refractivity contribution is 5.85. The fourth-order valence-corrected chi connectivity index (χ4v) is 2.20. The van der Waals surface area contributed by atoms with E-state index in [0.29, 0.717) is 0 Å². The van der Waals surface area contributed by atoms with Gasteiger partial charge in [0, 0.05) is 23.3 Å². The summed E-state index contributed by atoms with van der Waals surface area (Å²) in [5.74, 6) is -11.6. The van der Waals surface area contributed by atoms with E-state index in [1.807, 2.05) is 0 Å².